The maximum absolute atomic E-state index is 13.9. The number of hydrogen-bond donors (Lipinski definition) is 3. The summed E-state index contributed by atoms with van der Waals surface area (Å²) in [6, 6.07) is 6.21. The molecule has 0 unspecified atom stereocenters. The number of thioether (sulfide) groups is 1. The highest BCUT2D eigenvalue weighted by molar-refractivity contribution is 8.00. The van der Waals surface area contributed by atoms with Crippen molar-refractivity contribution in [3.8, 4) is 11.3 Å². The zero-order chi connectivity index (χ0) is 17.2. The molecule has 1 saturated carbocycles. The van der Waals surface area contributed by atoms with Gasteiger partial charge in [0.1, 0.15) is 5.82 Å². The van der Waals surface area contributed by atoms with Crippen molar-refractivity contribution in [3.05, 3.63) is 41.8 Å². The Balaban J connectivity index is 1.71. The van der Waals surface area contributed by atoms with Gasteiger partial charge in [-0.1, -0.05) is 19.1 Å². The van der Waals surface area contributed by atoms with Crippen LogP contribution in [-0.4, -0.2) is 44.4 Å². The zero-order valence-electron chi connectivity index (χ0n) is 13.4. The second-order valence-corrected chi connectivity index (χ2v) is 7.39. The van der Waals surface area contributed by atoms with Gasteiger partial charge in [0.2, 0.25) is 0 Å². The van der Waals surface area contributed by atoms with Crippen molar-refractivity contribution >= 4 is 17.7 Å². The number of nitrogens with one attached hydrogen (secondary N) is 2. The molecule has 2 aromatic rings. The standard InChI is InChI=1S/C17H20FN3O2S/c1-2-24-14-7-8-17(14,23)10-19-16(22)12-9-20-21-15(12)11-5-3-4-6-13(11)18/h3-6,9,14,23H,2,7-8,10H2,1H3,(H,19,22)(H,20,21)/t14-,17-/m0/s1. The molecular formula is C17H20FN3O2S. The maximum Gasteiger partial charge on any atom is 0.255 e. The average Bonchev–Trinajstić information content (AvgIpc) is 3.06. The number of benzene rings is 1. The van der Waals surface area contributed by atoms with E-state index in [4.69, 9.17) is 0 Å². The van der Waals surface area contributed by atoms with Gasteiger partial charge in [-0.25, -0.2) is 4.39 Å². The Morgan fingerprint density at radius 2 is 2.33 bits per heavy atom. The third kappa shape index (κ3) is 3.18. The lowest BCUT2D eigenvalue weighted by atomic mass is 9.79. The molecule has 0 spiro atoms. The van der Waals surface area contributed by atoms with Gasteiger partial charge in [-0.3, -0.25) is 9.89 Å². The molecule has 5 nitrogen and oxygen atoms in total. The summed E-state index contributed by atoms with van der Waals surface area (Å²) in [5.41, 5.74) is 0.0356. The summed E-state index contributed by atoms with van der Waals surface area (Å²) in [7, 11) is 0. The van der Waals surface area contributed by atoms with Crippen molar-refractivity contribution in [3.63, 3.8) is 0 Å². The first-order chi connectivity index (χ1) is 11.5. The number of amides is 1. The molecule has 0 bridgehead atoms. The van der Waals surface area contributed by atoms with Crippen LogP contribution in [0.5, 0.6) is 0 Å². The molecule has 3 N–H and O–H groups in total. The number of carbonyl (C=O) groups is 1. The lowest BCUT2D eigenvalue weighted by molar-refractivity contribution is -0.0221. The van der Waals surface area contributed by atoms with Gasteiger partial charge in [0.25, 0.3) is 5.91 Å². The molecule has 1 fully saturated rings. The zero-order valence-corrected chi connectivity index (χ0v) is 14.2. The Morgan fingerprint density at radius 1 is 1.54 bits per heavy atom. The van der Waals surface area contributed by atoms with Crippen LogP contribution in [0.25, 0.3) is 11.3 Å². The van der Waals surface area contributed by atoms with Crippen molar-refractivity contribution in [1.29, 1.82) is 0 Å². The highest BCUT2D eigenvalue weighted by atomic mass is 32.2. The predicted octanol–water partition coefficient (Wildman–Crippen LogP) is 2.59. The monoisotopic (exact) mass is 349 g/mol. The molecule has 3 rings (SSSR count). The number of halogens is 1. The summed E-state index contributed by atoms with van der Waals surface area (Å²) < 4.78 is 13.9. The quantitative estimate of drug-likeness (QED) is 0.749. The molecule has 128 valence electrons. The number of rotatable bonds is 6. The van der Waals surface area contributed by atoms with Crippen LogP contribution in [0, 0.1) is 5.82 Å². The van der Waals surface area contributed by atoms with E-state index in [1.807, 2.05) is 6.92 Å². The van der Waals surface area contributed by atoms with Crippen LogP contribution in [0.2, 0.25) is 0 Å². The lowest BCUT2D eigenvalue weighted by Crippen LogP contribution is -2.57. The highest BCUT2D eigenvalue weighted by Gasteiger charge is 2.45. The number of nitrogens with zero attached hydrogens (tertiary/aromatic N) is 1. The molecule has 0 radical (unpaired) electrons. The summed E-state index contributed by atoms with van der Waals surface area (Å²) in [4.78, 5) is 12.5. The first-order valence-corrected chi connectivity index (χ1v) is 9.00. The molecule has 7 heteroatoms. The molecule has 1 aromatic heterocycles. The molecule has 1 aliphatic rings. The van der Waals surface area contributed by atoms with E-state index in [-0.39, 0.29) is 23.3 Å². The van der Waals surface area contributed by atoms with E-state index in [0.29, 0.717) is 17.7 Å². The number of hydrogen-bond acceptors (Lipinski definition) is 4. The van der Waals surface area contributed by atoms with E-state index >= 15 is 0 Å². The number of aliphatic hydroxyl groups is 1. The van der Waals surface area contributed by atoms with Crippen molar-refractivity contribution < 1.29 is 14.3 Å². The van der Waals surface area contributed by atoms with Gasteiger partial charge in [-0.05, 0) is 30.7 Å². The molecule has 1 amide bonds. The first-order valence-electron chi connectivity index (χ1n) is 7.95. The Bertz CT molecular complexity index is 736. The lowest BCUT2D eigenvalue weighted by Gasteiger charge is -2.45. The molecule has 1 heterocycles. The van der Waals surface area contributed by atoms with Gasteiger partial charge in [0.05, 0.1) is 23.1 Å². The largest absolute Gasteiger partial charge is 0.387 e. The molecule has 2 atom stereocenters. The summed E-state index contributed by atoms with van der Waals surface area (Å²) in [6.45, 7) is 2.24. The third-order valence-electron chi connectivity index (χ3n) is 4.39. The summed E-state index contributed by atoms with van der Waals surface area (Å²) in [6.07, 6.45) is 3.01. The van der Waals surface area contributed by atoms with E-state index in [2.05, 4.69) is 15.5 Å². The van der Waals surface area contributed by atoms with Crippen LogP contribution < -0.4 is 5.32 Å². The molecule has 1 aliphatic carbocycles. The van der Waals surface area contributed by atoms with Gasteiger partial charge in [-0.2, -0.15) is 16.9 Å². The molecule has 1 aromatic carbocycles. The Hall–Kier alpha value is -1.86. The van der Waals surface area contributed by atoms with Crippen LogP contribution in [0.3, 0.4) is 0 Å². The maximum atomic E-state index is 13.9. The van der Waals surface area contributed by atoms with Crippen LogP contribution in [0.1, 0.15) is 30.1 Å². The van der Waals surface area contributed by atoms with Gasteiger partial charge >= 0.3 is 0 Å². The van der Waals surface area contributed by atoms with E-state index < -0.39 is 11.4 Å². The Morgan fingerprint density at radius 3 is 3.00 bits per heavy atom. The topological polar surface area (TPSA) is 78.0 Å². The second-order valence-electron chi connectivity index (χ2n) is 5.91. The van der Waals surface area contributed by atoms with Crippen molar-refractivity contribution in [1.82, 2.24) is 15.5 Å². The summed E-state index contributed by atoms with van der Waals surface area (Å²) in [5.74, 6) is 0.135. The number of aromatic nitrogens is 2. The molecule has 0 saturated heterocycles. The number of H-pyrrole nitrogens is 1. The molecule has 0 aliphatic heterocycles. The van der Waals surface area contributed by atoms with Gasteiger partial charge in [0.15, 0.2) is 0 Å². The fraction of sp³-hybridized carbons (Fsp3) is 0.412. The third-order valence-corrected chi connectivity index (χ3v) is 5.80. The number of aromatic amines is 1. The fourth-order valence-corrected chi connectivity index (χ4v) is 4.09. The Labute approximate surface area is 144 Å². The second kappa shape index (κ2) is 6.94. The van der Waals surface area contributed by atoms with Crippen LogP contribution in [0.15, 0.2) is 30.5 Å². The molecule has 24 heavy (non-hydrogen) atoms. The van der Waals surface area contributed by atoms with E-state index in [9.17, 15) is 14.3 Å². The predicted molar refractivity (Wildman–Crippen MR) is 92.4 cm³/mol. The smallest absolute Gasteiger partial charge is 0.255 e. The normalized spacial score (nSPS) is 22.9. The summed E-state index contributed by atoms with van der Waals surface area (Å²) >= 11 is 1.71. The van der Waals surface area contributed by atoms with E-state index in [0.717, 1.165) is 12.2 Å². The van der Waals surface area contributed by atoms with Crippen LogP contribution in [0.4, 0.5) is 4.39 Å². The van der Waals surface area contributed by atoms with Gasteiger partial charge < -0.3 is 10.4 Å². The van der Waals surface area contributed by atoms with E-state index in [1.54, 1.807) is 30.0 Å². The van der Waals surface area contributed by atoms with Crippen molar-refractivity contribution in [2.75, 3.05) is 12.3 Å². The van der Waals surface area contributed by atoms with Crippen molar-refractivity contribution in [2.45, 2.75) is 30.6 Å². The summed E-state index contributed by atoms with van der Waals surface area (Å²) in [5, 5.41) is 20.0. The van der Waals surface area contributed by atoms with Crippen LogP contribution in [-0.2, 0) is 0 Å². The van der Waals surface area contributed by atoms with Crippen molar-refractivity contribution in [2.24, 2.45) is 0 Å². The van der Waals surface area contributed by atoms with E-state index in [1.165, 1.54) is 12.3 Å². The minimum Gasteiger partial charge on any atom is -0.387 e. The number of carbonyl (C=O) groups excluding carboxylic acids is 1. The van der Waals surface area contributed by atoms with Crippen LogP contribution >= 0.6 is 11.8 Å². The molecular weight excluding hydrogens is 329 g/mol. The minimum absolute atomic E-state index is 0.151. The Kier molecular flexibility index (Phi) is 4.91. The van der Waals surface area contributed by atoms with Gasteiger partial charge in [0, 0.05) is 17.4 Å². The average molecular weight is 349 g/mol. The highest BCUT2D eigenvalue weighted by Crippen LogP contribution is 2.40. The first kappa shape index (κ1) is 17.0. The van der Waals surface area contributed by atoms with Gasteiger partial charge in [-0.15, -0.1) is 0 Å². The minimum atomic E-state index is -0.863. The SMILES string of the molecule is CCS[C@H]1CC[C@]1(O)CNC(=O)c1cn[nH]c1-c1ccccc1F. The fourth-order valence-electron chi connectivity index (χ4n) is 2.89.